The van der Waals surface area contributed by atoms with Crippen LogP contribution in [-0.4, -0.2) is 12.1 Å². The maximum absolute atomic E-state index is 5.88. The maximum Gasteiger partial charge on any atom is 0.142 e. The van der Waals surface area contributed by atoms with E-state index in [0.29, 0.717) is 0 Å². The van der Waals surface area contributed by atoms with E-state index in [9.17, 15) is 0 Å². The Bertz CT molecular complexity index is 380. The van der Waals surface area contributed by atoms with Crippen LogP contribution in [0, 0.1) is 6.92 Å². The average Bonchev–Trinajstić information content (AvgIpc) is 2.67. The number of hydrogen-bond acceptors (Lipinski definition) is 2. The molecule has 2 nitrogen and oxygen atoms in total. The number of benzene rings is 1. The quantitative estimate of drug-likeness (QED) is 0.699. The molecule has 1 aromatic carbocycles. The molecule has 3 rings (SSSR count). The van der Waals surface area contributed by atoms with Gasteiger partial charge in [0.2, 0.25) is 0 Å². The van der Waals surface area contributed by atoms with Gasteiger partial charge in [-0.15, -0.1) is 0 Å². The summed E-state index contributed by atoms with van der Waals surface area (Å²) in [6.45, 7) is 2.94. The molecule has 1 spiro atoms. The monoisotopic (exact) mass is 203 g/mol. The van der Waals surface area contributed by atoms with Gasteiger partial charge in [0.15, 0.2) is 0 Å². The van der Waals surface area contributed by atoms with Gasteiger partial charge in [-0.05, 0) is 37.5 Å². The van der Waals surface area contributed by atoms with E-state index in [1.165, 1.54) is 36.9 Å². The fourth-order valence-electron chi connectivity index (χ4n) is 2.71. The van der Waals surface area contributed by atoms with Crippen LogP contribution >= 0.6 is 0 Å². The van der Waals surface area contributed by atoms with E-state index < -0.39 is 0 Å². The van der Waals surface area contributed by atoms with Crippen molar-refractivity contribution in [3.63, 3.8) is 0 Å². The Morgan fingerprint density at radius 3 is 2.87 bits per heavy atom. The lowest BCUT2D eigenvalue weighted by molar-refractivity contribution is 0.221. The van der Waals surface area contributed by atoms with E-state index in [1.807, 2.05) is 0 Å². The highest BCUT2D eigenvalue weighted by atomic mass is 16.5. The first-order valence-corrected chi connectivity index (χ1v) is 5.79. The number of nitrogens with one attached hydrogen (secondary N) is 1. The summed E-state index contributed by atoms with van der Waals surface area (Å²) in [5.74, 6) is 1.02. The highest BCUT2D eigenvalue weighted by Crippen LogP contribution is 2.40. The number of rotatable bonds is 0. The van der Waals surface area contributed by atoms with Gasteiger partial charge < -0.3 is 10.1 Å². The van der Waals surface area contributed by atoms with Crippen LogP contribution in [0.25, 0.3) is 0 Å². The van der Waals surface area contributed by atoms with E-state index in [-0.39, 0.29) is 5.54 Å². The maximum atomic E-state index is 5.88. The van der Waals surface area contributed by atoms with Crippen LogP contribution in [0.1, 0.15) is 31.2 Å². The van der Waals surface area contributed by atoms with Crippen LogP contribution in [-0.2, 0) is 0 Å². The van der Waals surface area contributed by atoms with E-state index >= 15 is 0 Å². The van der Waals surface area contributed by atoms with Crippen molar-refractivity contribution in [2.24, 2.45) is 0 Å². The minimum absolute atomic E-state index is 0.238. The van der Waals surface area contributed by atoms with Gasteiger partial charge in [0, 0.05) is 0 Å². The first kappa shape index (κ1) is 9.08. The molecule has 1 heterocycles. The van der Waals surface area contributed by atoms with Gasteiger partial charge in [-0.25, -0.2) is 0 Å². The zero-order valence-electron chi connectivity index (χ0n) is 9.18. The van der Waals surface area contributed by atoms with Crippen molar-refractivity contribution < 1.29 is 4.74 Å². The predicted octanol–water partition coefficient (Wildman–Crippen LogP) is 3.11. The molecule has 0 unspecified atom stereocenters. The van der Waals surface area contributed by atoms with Gasteiger partial charge in [0.1, 0.15) is 12.4 Å². The average molecular weight is 203 g/mol. The summed E-state index contributed by atoms with van der Waals surface area (Å²) in [6.07, 6.45) is 5.16. The number of fused-ring (bicyclic) bond motifs is 1. The Morgan fingerprint density at radius 2 is 2.07 bits per heavy atom. The summed E-state index contributed by atoms with van der Waals surface area (Å²) >= 11 is 0. The van der Waals surface area contributed by atoms with Crippen molar-refractivity contribution in [1.29, 1.82) is 0 Å². The fraction of sp³-hybridized carbons (Fsp3) is 0.538. The van der Waals surface area contributed by atoms with Crippen LogP contribution in [0.5, 0.6) is 5.75 Å². The van der Waals surface area contributed by atoms with Crippen LogP contribution in [0.15, 0.2) is 18.2 Å². The summed E-state index contributed by atoms with van der Waals surface area (Å²) in [7, 11) is 0. The van der Waals surface area contributed by atoms with Crippen molar-refractivity contribution in [2.45, 2.75) is 38.1 Å². The van der Waals surface area contributed by atoms with Crippen molar-refractivity contribution in [1.82, 2.24) is 0 Å². The Hall–Kier alpha value is -1.18. The second kappa shape index (κ2) is 3.16. The molecule has 0 aromatic heterocycles. The molecule has 1 saturated carbocycles. The predicted molar refractivity (Wildman–Crippen MR) is 61.5 cm³/mol. The molecule has 80 valence electrons. The Balaban J connectivity index is 1.93. The van der Waals surface area contributed by atoms with E-state index in [0.717, 1.165) is 12.4 Å². The first-order valence-electron chi connectivity index (χ1n) is 5.79. The molecule has 15 heavy (non-hydrogen) atoms. The number of aryl methyl sites for hydroxylation is 1. The molecule has 0 amide bonds. The van der Waals surface area contributed by atoms with Gasteiger partial charge in [-0.3, -0.25) is 0 Å². The molecule has 1 fully saturated rings. The van der Waals surface area contributed by atoms with Gasteiger partial charge >= 0.3 is 0 Å². The largest absolute Gasteiger partial charge is 0.489 e. The third kappa shape index (κ3) is 1.48. The zero-order chi connectivity index (χ0) is 10.3. The van der Waals surface area contributed by atoms with Crippen molar-refractivity contribution in [2.75, 3.05) is 11.9 Å². The first-order chi connectivity index (χ1) is 7.27. The Kier molecular flexibility index (Phi) is 1.91. The van der Waals surface area contributed by atoms with E-state index in [4.69, 9.17) is 4.74 Å². The summed E-state index contributed by atoms with van der Waals surface area (Å²) in [4.78, 5) is 0. The second-order valence-corrected chi connectivity index (χ2v) is 4.90. The van der Waals surface area contributed by atoms with Crippen molar-refractivity contribution >= 4 is 5.69 Å². The van der Waals surface area contributed by atoms with E-state index in [1.54, 1.807) is 0 Å². The summed E-state index contributed by atoms with van der Waals surface area (Å²) in [5.41, 5.74) is 2.68. The molecular formula is C13H17NO. The molecule has 1 aliphatic heterocycles. The SMILES string of the molecule is Cc1ccc2c(c1)OCC1(CCCC1)N2. The molecule has 2 aliphatic rings. The van der Waals surface area contributed by atoms with Crippen LogP contribution in [0.2, 0.25) is 0 Å². The molecule has 1 N–H and O–H groups in total. The normalized spacial score (nSPS) is 21.9. The summed E-state index contributed by atoms with van der Waals surface area (Å²) in [6, 6.07) is 6.40. The molecule has 1 aromatic rings. The highest BCUT2D eigenvalue weighted by Gasteiger charge is 2.37. The lowest BCUT2D eigenvalue weighted by atomic mass is 9.96. The standard InChI is InChI=1S/C13H17NO/c1-10-4-5-11-12(8-10)15-9-13(14-11)6-2-3-7-13/h4-5,8,14H,2-3,6-7,9H2,1H3. The van der Waals surface area contributed by atoms with Crippen molar-refractivity contribution in [3.8, 4) is 5.75 Å². The van der Waals surface area contributed by atoms with Crippen molar-refractivity contribution in [3.05, 3.63) is 23.8 Å². The van der Waals surface area contributed by atoms with Gasteiger partial charge in [0.25, 0.3) is 0 Å². The second-order valence-electron chi connectivity index (χ2n) is 4.90. The fourth-order valence-corrected chi connectivity index (χ4v) is 2.71. The molecule has 0 atom stereocenters. The summed E-state index contributed by atoms with van der Waals surface area (Å²) in [5, 5.41) is 3.67. The van der Waals surface area contributed by atoms with E-state index in [2.05, 4.69) is 30.4 Å². The zero-order valence-corrected chi connectivity index (χ0v) is 9.18. The van der Waals surface area contributed by atoms with Crippen LogP contribution in [0.4, 0.5) is 5.69 Å². The molecular weight excluding hydrogens is 186 g/mol. The Labute approximate surface area is 90.6 Å². The number of anilines is 1. The molecule has 2 heteroatoms. The molecule has 0 radical (unpaired) electrons. The highest BCUT2D eigenvalue weighted by molar-refractivity contribution is 5.61. The lowest BCUT2D eigenvalue weighted by Crippen LogP contribution is -2.44. The topological polar surface area (TPSA) is 21.3 Å². The third-order valence-electron chi connectivity index (χ3n) is 3.60. The lowest BCUT2D eigenvalue weighted by Gasteiger charge is -2.36. The minimum Gasteiger partial charge on any atom is -0.489 e. The molecule has 0 saturated heterocycles. The number of ether oxygens (including phenoxy) is 1. The Morgan fingerprint density at radius 1 is 1.27 bits per heavy atom. The van der Waals surface area contributed by atoms with Gasteiger partial charge in [-0.1, -0.05) is 18.9 Å². The molecule has 0 bridgehead atoms. The van der Waals surface area contributed by atoms with Gasteiger partial charge in [0.05, 0.1) is 11.2 Å². The third-order valence-corrected chi connectivity index (χ3v) is 3.60. The van der Waals surface area contributed by atoms with Crippen LogP contribution in [0.3, 0.4) is 0 Å². The smallest absolute Gasteiger partial charge is 0.142 e. The molecule has 1 aliphatic carbocycles. The van der Waals surface area contributed by atoms with Crippen LogP contribution < -0.4 is 10.1 Å². The minimum atomic E-state index is 0.238. The number of hydrogen-bond donors (Lipinski definition) is 1. The van der Waals surface area contributed by atoms with Gasteiger partial charge in [-0.2, -0.15) is 0 Å². The summed E-state index contributed by atoms with van der Waals surface area (Å²) < 4.78 is 5.88.